The first-order valence-corrected chi connectivity index (χ1v) is 6.56. The van der Waals surface area contributed by atoms with Crippen LogP contribution in [0.1, 0.15) is 0 Å². The largest absolute Gasteiger partial charge is 0.338 e. The van der Waals surface area contributed by atoms with Gasteiger partial charge < -0.3 is 4.98 Å². The Morgan fingerprint density at radius 3 is 2.38 bits per heavy atom. The molecule has 0 bridgehead atoms. The number of halogens is 2. The quantitative estimate of drug-likeness (QED) is 0.539. The van der Waals surface area contributed by atoms with Crippen molar-refractivity contribution in [2.24, 2.45) is 0 Å². The summed E-state index contributed by atoms with van der Waals surface area (Å²) in [6.07, 6.45) is 0. The van der Waals surface area contributed by atoms with E-state index < -0.39 is 0 Å². The second kappa shape index (κ2) is 4.38. The SMILES string of the molecule is Fc1ccc(-c2nc3c(F)cccc3[nH]2)c2ccccc12. The van der Waals surface area contributed by atoms with Crippen molar-refractivity contribution in [1.29, 1.82) is 0 Å². The van der Waals surface area contributed by atoms with Crippen LogP contribution in [0.25, 0.3) is 33.2 Å². The van der Waals surface area contributed by atoms with E-state index in [1.807, 2.05) is 12.1 Å². The molecule has 0 aliphatic carbocycles. The molecular weight excluding hydrogens is 270 g/mol. The highest BCUT2D eigenvalue weighted by atomic mass is 19.1. The van der Waals surface area contributed by atoms with E-state index in [1.165, 1.54) is 12.1 Å². The Hall–Kier alpha value is -2.75. The number of nitrogens with zero attached hydrogens (tertiary/aromatic N) is 1. The minimum Gasteiger partial charge on any atom is -0.338 e. The highest BCUT2D eigenvalue weighted by Gasteiger charge is 2.12. The summed E-state index contributed by atoms with van der Waals surface area (Å²) < 4.78 is 27.6. The monoisotopic (exact) mass is 280 g/mol. The Balaban J connectivity index is 2.05. The van der Waals surface area contributed by atoms with Gasteiger partial charge in [-0.25, -0.2) is 13.8 Å². The second-order valence-corrected chi connectivity index (χ2v) is 4.86. The molecule has 4 rings (SSSR count). The predicted molar refractivity (Wildman–Crippen MR) is 79.0 cm³/mol. The maximum Gasteiger partial charge on any atom is 0.151 e. The van der Waals surface area contributed by atoms with Gasteiger partial charge in [0.1, 0.15) is 17.2 Å². The second-order valence-electron chi connectivity index (χ2n) is 4.86. The molecule has 0 radical (unpaired) electrons. The molecular formula is C17H10F2N2. The topological polar surface area (TPSA) is 28.7 Å². The average molecular weight is 280 g/mol. The Morgan fingerprint density at radius 1 is 0.762 bits per heavy atom. The third-order valence-electron chi connectivity index (χ3n) is 3.59. The van der Waals surface area contributed by atoms with Crippen molar-refractivity contribution < 1.29 is 8.78 Å². The number of rotatable bonds is 1. The smallest absolute Gasteiger partial charge is 0.151 e. The molecule has 4 aromatic rings. The van der Waals surface area contributed by atoms with Gasteiger partial charge in [-0.3, -0.25) is 0 Å². The van der Waals surface area contributed by atoms with Gasteiger partial charge in [-0.1, -0.05) is 30.3 Å². The van der Waals surface area contributed by atoms with Crippen LogP contribution < -0.4 is 0 Å². The van der Waals surface area contributed by atoms with E-state index in [2.05, 4.69) is 9.97 Å². The lowest BCUT2D eigenvalue weighted by Gasteiger charge is -2.04. The molecule has 1 N–H and O–H groups in total. The van der Waals surface area contributed by atoms with E-state index in [-0.39, 0.29) is 11.6 Å². The van der Waals surface area contributed by atoms with E-state index in [9.17, 15) is 8.78 Å². The standard InChI is InChI=1S/C17H10F2N2/c18-13-9-8-12(10-4-1-2-5-11(10)13)17-20-15-7-3-6-14(19)16(15)21-17/h1-9H,(H,20,21). The molecule has 0 spiro atoms. The third kappa shape index (κ3) is 1.80. The molecule has 4 heteroatoms. The van der Waals surface area contributed by atoms with Gasteiger partial charge in [-0.05, 0) is 29.7 Å². The van der Waals surface area contributed by atoms with Crippen molar-refractivity contribution in [3.8, 4) is 11.4 Å². The van der Waals surface area contributed by atoms with Crippen LogP contribution in [0.4, 0.5) is 8.78 Å². The normalized spacial score (nSPS) is 11.3. The third-order valence-corrected chi connectivity index (χ3v) is 3.59. The molecule has 1 heterocycles. The molecule has 21 heavy (non-hydrogen) atoms. The van der Waals surface area contributed by atoms with E-state index >= 15 is 0 Å². The Kier molecular flexibility index (Phi) is 2.51. The van der Waals surface area contributed by atoms with Crippen LogP contribution in [-0.4, -0.2) is 9.97 Å². The number of benzene rings is 3. The molecule has 0 saturated carbocycles. The number of imidazole rings is 1. The number of para-hydroxylation sites is 1. The fourth-order valence-corrected chi connectivity index (χ4v) is 2.59. The first kappa shape index (κ1) is 12.0. The molecule has 0 aliphatic rings. The van der Waals surface area contributed by atoms with Crippen molar-refractivity contribution >= 4 is 21.8 Å². The Morgan fingerprint density at radius 2 is 1.57 bits per heavy atom. The molecule has 0 unspecified atom stereocenters. The summed E-state index contributed by atoms with van der Waals surface area (Å²) in [5.74, 6) is -0.121. The van der Waals surface area contributed by atoms with E-state index in [0.717, 1.165) is 10.9 Å². The zero-order valence-corrected chi connectivity index (χ0v) is 10.9. The molecule has 0 atom stereocenters. The van der Waals surface area contributed by atoms with Gasteiger partial charge in [0.25, 0.3) is 0 Å². The van der Waals surface area contributed by atoms with Crippen molar-refractivity contribution in [3.05, 3.63) is 66.2 Å². The summed E-state index contributed by atoms with van der Waals surface area (Å²) >= 11 is 0. The molecule has 0 aliphatic heterocycles. The minimum atomic E-state index is -0.374. The van der Waals surface area contributed by atoms with E-state index in [0.29, 0.717) is 22.2 Å². The van der Waals surface area contributed by atoms with Crippen LogP contribution in [0.15, 0.2) is 54.6 Å². The molecule has 2 nitrogen and oxygen atoms in total. The molecule has 1 aromatic heterocycles. The van der Waals surface area contributed by atoms with Crippen LogP contribution >= 0.6 is 0 Å². The van der Waals surface area contributed by atoms with Gasteiger partial charge in [-0.2, -0.15) is 0 Å². The number of aromatic amines is 1. The Labute approximate surface area is 119 Å². The van der Waals surface area contributed by atoms with Crippen LogP contribution in [0.2, 0.25) is 0 Å². The van der Waals surface area contributed by atoms with Gasteiger partial charge in [0.05, 0.1) is 5.52 Å². The summed E-state index contributed by atoms with van der Waals surface area (Å²) in [5.41, 5.74) is 1.67. The van der Waals surface area contributed by atoms with E-state index in [4.69, 9.17) is 0 Å². The zero-order chi connectivity index (χ0) is 14.4. The first-order chi connectivity index (χ1) is 10.2. The maximum absolute atomic E-state index is 13.9. The molecule has 0 fully saturated rings. The summed E-state index contributed by atoms with van der Waals surface area (Å²) in [6.45, 7) is 0. The summed E-state index contributed by atoms with van der Waals surface area (Å²) in [4.78, 5) is 7.40. The molecule has 3 aromatic carbocycles. The fourth-order valence-electron chi connectivity index (χ4n) is 2.59. The van der Waals surface area contributed by atoms with Crippen molar-refractivity contribution in [2.75, 3.05) is 0 Å². The molecule has 0 saturated heterocycles. The molecule has 102 valence electrons. The van der Waals surface area contributed by atoms with E-state index in [1.54, 1.807) is 30.3 Å². The van der Waals surface area contributed by atoms with Gasteiger partial charge in [0.15, 0.2) is 5.82 Å². The van der Waals surface area contributed by atoms with Gasteiger partial charge in [-0.15, -0.1) is 0 Å². The summed E-state index contributed by atoms with van der Waals surface area (Å²) in [5, 5.41) is 1.27. The maximum atomic E-state index is 13.9. The highest BCUT2D eigenvalue weighted by Crippen LogP contribution is 2.30. The van der Waals surface area contributed by atoms with Crippen molar-refractivity contribution in [1.82, 2.24) is 9.97 Å². The number of H-pyrrole nitrogens is 1. The first-order valence-electron chi connectivity index (χ1n) is 6.56. The van der Waals surface area contributed by atoms with Crippen LogP contribution in [0.3, 0.4) is 0 Å². The fraction of sp³-hybridized carbons (Fsp3) is 0. The lowest BCUT2D eigenvalue weighted by atomic mass is 10.0. The lowest BCUT2D eigenvalue weighted by Crippen LogP contribution is -1.86. The predicted octanol–water partition coefficient (Wildman–Crippen LogP) is 4.66. The average Bonchev–Trinajstić information content (AvgIpc) is 2.93. The van der Waals surface area contributed by atoms with Gasteiger partial charge >= 0.3 is 0 Å². The highest BCUT2D eigenvalue weighted by molar-refractivity contribution is 5.96. The Bertz CT molecular complexity index is 973. The summed E-state index contributed by atoms with van der Waals surface area (Å²) in [6, 6.07) is 15.0. The van der Waals surface area contributed by atoms with Crippen molar-refractivity contribution in [3.63, 3.8) is 0 Å². The number of hydrogen-bond acceptors (Lipinski definition) is 1. The number of nitrogens with one attached hydrogen (secondary N) is 1. The summed E-state index contributed by atoms with van der Waals surface area (Å²) in [7, 11) is 0. The number of aromatic nitrogens is 2. The van der Waals surface area contributed by atoms with Gasteiger partial charge in [0.2, 0.25) is 0 Å². The van der Waals surface area contributed by atoms with Crippen LogP contribution in [0.5, 0.6) is 0 Å². The van der Waals surface area contributed by atoms with Crippen molar-refractivity contribution in [2.45, 2.75) is 0 Å². The lowest BCUT2D eigenvalue weighted by molar-refractivity contribution is 0.637. The van der Waals surface area contributed by atoms with Crippen LogP contribution in [0, 0.1) is 11.6 Å². The minimum absolute atomic E-state index is 0.281. The number of fused-ring (bicyclic) bond motifs is 2. The zero-order valence-electron chi connectivity index (χ0n) is 10.9. The van der Waals surface area contributed by atoms with Gasteiger partial charge in [0, 0.05) is 10.9 Å². The number of hydrogen-bond donors (Lipinski definition) is 1. The molecule has 0 amide bonds. The van der Waals surface area contributed by atoms with Crippen LogP contribution in [-0.2, 0) is 0 Å².